The summed E-state index contributed by atoms with van der Waals surface area (Å²) in [5.41, 5.74) is 0. The molecule has 0 aliphatic heterocycles. The Bertz CT molecular complexity index is 201. The van der Waals surface area contributed by atoms with Crippen LogP contribution in [-0.2, 0) is 9.53 Å². The third-order valence-corrected chi connectivity index (χ3v) is 3.59. The molecule has 0 amide bonds. The number of hydrogen-bond acceptors (Lipinski definition) is 3. The Morgan fingerprint density at radius 2 is 1.94 bits per heavy atom. The number of hydrogen-bond donors (Lipinski definition) is 0. The molecule has 17 heavy (non-hydrogen) atoms. The highest BCUT2D eigenvalue weighted by Crippen LogP contribution is 2.20. The molecule has 5 heteroatoms. The first-order valence-electron chi connectivity index (χ1n) is 6.18. The van der Waals surface area contributed by atoms with Crippen LogP contribution in [0.25, 0.3) is 0 Å². The van der Waals surface area contributed by atoms with Crippen molar-refractivity contribution in [2.24, 2.45) is 0 Å². The third-order valence-electron chi connectivity index (χ3n) is 2.24. The molecule has 0 rings (SSSR count). The minimum absolute atomic E-state index is 0.0432. The second-order valence-electron chi connectivity index (χ2n) is 3.79. The number of halogens is 2. The average molecular weight is 268 g/mol. The van der Waals surface area contributed by atoms with E-state index in [1.807, 2.05) is 6.92 Å². The van der Waals surface area contributed by atoms with E-state index < -0.39 is 6.43 Å². The Morgan fingerprint density at radius 3 is 2.47 bits per heavy atom. The van der Waals surface area contributed by atoms with Gasteiger partial charge in [-0.05, 0) is 31.9 Å². The van der Waals surface area contributed by atoms with Gasteiger partial charge in [-0.2, -0.15) is 0 Å². The number of carbonyl (C=O) groups is 1. The molecule has 0 aromatic rings. The minimum Gasteiger partial charge on any atom is -0.465 e. The predicted molar refractivity (Wildman–Crippen MR) is 67.6 cm³/mol. The minimum atomic E-state index is -2.21. The average Bonchev–Trinajstić information content (AvgIpc) is 2.27. The van der Waals surface area contributed by atoms with E-state index in [-0.39, 0.29) is 17.6 Å². The van der Waals surface area contributed by atoms with Crippen LogP contribution in [0.4, 0.5) is 8.78 Å². The van der Waals surface area contributed by atoms with Crippen LogP contribution >= 0.6 is 11.8 Å². The monoisotopic (exact) mass is 268 g/mol. The van der Waals surface area contributed by atoms with Crippen LogP contribution < -0.4 is 0 Å². The van der Waals surface area contributed by atoms with E-state index in [9.17, 15) is 13.6 Å². The number of carbonyl (C=O) groups excluding carboxylic acids is 1. The lowest BCUT2D eigenvalue weighted by Crippen LogP contribution is -2.20. The van der Waals surface area contributed by atoms with E-state index in [0.29, 0.717) is 13.0 Å². The molecule has 0 aromatic carbocycles. The number of ether oxygens (including phenoxy) is 1. The van der Waals surface area contributed by atoms with Gasteiger partial charge < -0.3 is 4.74 Å². The maximum absolute atomic E-state index is 11.9. The predicted octanol–water partition coefficient (Wildman–Crippen LogP) is 3.89. The number of alkyl halides is 2. The van der Waals surface area contributed by atoms with Crippen molar-refractivity contribution in [2.45, 2.75) is 57.6 Å². The summed E-state index contributed by atoms with van der Waals surface area (Å²) in [5.74, 6) is 0.573. The van der Waals surface area contributed by atoms with Crippen molar-refractivity contribution in [1.82, 2.24) is 0 Å². The van der Waals surface area contributed by atoms with Crippen LogP contribution in [0.2, 0.25) is 0 Å². The fraction of sp³-hybridized carbons (Fsp3) is 0.917. The molecule has 0 spiro atoms. The molecular weight excluding hydrogens is 246 g/mol. The highest BCUT2D eigenvalue weighted by Gasteiger charge is 2.18. The van der Waals surface area contributed by atoms with Gasteiger partial charge >= 0.3 is 5.97 Å². The molecule has 0 aliphatic carbocycles. The number of esters is 1. The van der Waals surface area contributed by atoms with Crippen molar-refractivity contribution in [3.8, 4) is 0 Å². The molecule has 0 aliphatic rings. The summed E-state index contributed by atoms with van der Waals surface area (Å²) < 4.78 is 28.8. The molecule has 0 saturated heterocycles. The third kappa shape index (κ3) is 9.39. The number of rotatable bonds is 10. The second-order valence-corrected chi connectivity index (χ2v) is 5.10. The Hall–Kier alpha value is -0.320. The maximum atomic E-state index is 11.9. The van der Waals surface area contributed by atoms with Gasteiger partial charge in [-0.25, -0.2) is 8.78 Å². The molecule has 2 nitrogen and oxygen atoms in total. The summed E-state index contributed by atoms with van der Waals surface area (Å²) in [7, 11) is 0. The van der Waals surface area contributed by atoms with Gasteiger partial charge in [0.1, 0.15) is 5.25 Å². The standard InChI is InChI=1S/C12H22F2O2S/c1-3-7-10(12(15)16-4-2)17-9-6-5-8-11(13)14/h10-11H,3-9H2,1-2H3. The van der Waals surface area contributed by atoms with Crippen LogP contribution in [0.3, 0.4) is 0 Å². The van der Waals surface area contributed by atoms with Crippen molar-refractivity contribution in [1.29, 1.82) is 0 Å². The lowest BCUT2D eigenvalue weighted by atomic mass is 10.2. The number of unbranched alkanes of at least 4 members (excludes halogenated alkanes) is 1. The van der Waals surface area contributed by atoms with Crippen LogP contribution in [0.1, 0.15) is 46.0 Å². The SMILES string of the molecule is CCCC(SCCCCC(F)F)C(=O)OCC. The molecule has 0 saturated carbocycles. The van der Waals surface area contributed by atoms with E-state index in [2.05, 4.69) is 0 Å². The summed E-state index contributed by atoms with van der Waals surface area (Å²) in [6.45, 7) is 4.20. The molecule has 0 radical (unpaired) electrons. The molecule has 1 unspecified atom stereocenters. The quantitative estimate of drug-likeness (QED) is 0.444. The Balaban J connectivity index is 3.73. The van der Waals surface area contributed by atoms with E-state index in [1.165, 1.54) is 11.8 Å². The highest BCUT2D eigenvalue weighted by atomic mass is 32.2. The first-order chi connectivity index (χ1) is 8.11. The first kappa shape index (κ1) is 16.7. The van der Waals surface area contributed by atoms with Crippen LogP contribution in [0.15, 0.2) is 0 Å². The Morgan fingerprint density at radius 1 is 1.24 bits per heavy atom. The summed E-state index contributed by atoms with van der Waals surface area (Å²) in [5, 5.41) is -0.133. The van der Waals surface area contributed by atoms with Gasteiger partial charge in [0.2, 0.25) is 6.43 Å². The zero-order valence-electron chi connectivity index (χ0n) is 10.6. The van der Waals surface area contributed by atoms with Gasteiger partial charge in [0, 0.05) is 6.42 Å². The lowest BCUT2D eigenvalue weighted by Gasteiger charge is -2.14. The van der Waals surface area contributed by atoms with Gasteiger partial charge in [-0.15, -0.1) is 11.8 Å². The fourth-order valence-corrected chi connectivity index (χ4v) is 2.65. The summed E-state index contributed by atoms with van der Waals surface area (Å²) in [4.78, 5) is 11.5. The molecule has 1 atom stereocenters. The maximum Gasteiger partial charge on any atom is 0.319 e. The van der Waals surface area contributed by atoms with Crippen LogP contribution in [-0.4, -0.2) is 30.0 Å². The molecule has 0 N–H and O–H groups in total. The van der Waals surface area contributed by atoms with Gasteiger partial charge in [0.05, 0.1) is 6.61 Å². The van der Waals surface area contributed by atoms with Gasteiger partial charge in [-0.1, -0.05) is 13.3 Å². The van der Waals surface area contributed by atoms with Crippen molar-refractivity contribution < 1.29 is 18.3 Å². The fourth-order valence-electron chi connectivity index (χ4n) is 1.39. The van der Waals surface area contributed by atoms with E-state index >= 15 is 0 Å². The Kier molecular flexibility index (Phi) is 10.6. The molecule has 0 aromatic heterocycles. The topological polar surface area (TPSA) is 26.3 Å². The molecular formula is C12H22F2O2S. The van der Waals surface area contributed by atoms with Crippen LogP contribution in [0.5, 0.6) is 0 Å². The van der Waals surface area contributed by atoms with Crippen molar-refractivity contribution in [2.75, 3.05) is 12.4 Å². The first-order valence-corrected chi connectivity index (χ1v) is 7.23. The molecule has 0 fully saturated rings. The summed E-state index contributed by atoms with van der Waals surface area (Å²) >= 11 is 1.53. The lowest BCUT2D eigenvalue weighted by molar-refractivity contribution is -0.142. The molecule has 0 heterocycles. The normalized spacial score (nSPS) is 12.8. The summed E-state index contributed by atoms with van der Waals surface area (Å²) in [6.07, 6.45) is 0.710. The van der Waals surface area contributed by atoms with E-state index in [1.54, 1.807) is 6.92 Å². The van der Waals surface area contributed by atoms with Crippen LogP contribution in [0, 0.1) is 0 Å². The van der Waals surface area contributed by atoms with Gasteiger partial charge in [0.15, 0.2) is 0 Å². The molecule has 0 bridgehead atoms. The highest BCUT2D eigenvalue weighted by molar-refractivity contribution is 8.00. The van der Waals surface area contributed by atoms with Gasteiger partial charge in [-0.3, -0.25) is 4.79 Å². The van der Waals surface area contributed by atoms with Crippen molar-refractivity contribution in [3.63, 3.8) is 0 Å². The van der Waals surface area contributed by atoms with Gasteiger partial charge in [0.25, 0.3) is 0 Å². The number of thioether (sulfide) groups is 1. The smallest absolute Gasteiger partial charge is 0.319 e. The van der Waals surface area contributed by atoms with Crippen molar-refractivity contribution in [3.05, 3.63) is 0 Å². The molecule has 102 valence electrons. The zero-order valence-corrected chi connectivity index (χ0v) is 11.4. The van der Waals surface area contributed by atoms with E-state index in [0.717, 1.165) is 25.0 Å². The van der Waals surface area contributed by atoms with E-state index in [4.69, 9.17) is 4.74 Å². The zero-order chi connectivity index (χ0) is 13.1. The largest absolute Gasteiger partial charge is 0.465 e. The summed E-state index contributed by atoms with van der Waals surface area (Å²) in [6, 6.07) is 0. The van der Waals surface area contributed by atoms with Crippen molar-refractivity contribution >= 4 is 17.7 Å². The second kappa shape index (κ2) is 10.8. The Labute approximate surface area is 106 Å².